The number of nitrogens with two attached hydrogens (primary N) is 1. The summed E-state index contributed by atoms with van der Waals surface area (Å²) in [6.07, 6.45) is 1.69. The number of likely N-dealkylation sites (N-methyl/N-ethyl adjacent to an activating group) is 1. The van der Waals surface area contributed by atoms with E-state index < -0.39 is 0 Å². The predicted octanol–water partition coefficient (Wildman–Crippen LogP) is 1.21. The zero-order chi connectivity index (χ0) is 11.1. The van der Waals surface area contributed by atoms with Crippen LogP contribution >= 0.6 is 0 Å². The topological polar surface area (TPSA) is 51.6 Å². The number of hydrogen-bond acceptors (Lipinski definition) is 4. The Balaban J connectivity index is 2.33. The first-order chi connectivity index (χ1) is 7.27. The minimum atomic E-state index is 0.533. The largest absolute Gasteiger partial charge is 0.468 e. The smallest absolute Gasteiger partial charge is 0.122 e. The molecule has 2 N–H and O–H groups in total. The second kappa shape index (κ2) is 6.61. The number of rotatable bonds is 7. The SMILES string of the molecule is CCOCCN(C)Cc1occc1CN. The van der Waals surface area contributed by atoms with Gasteiger partial charge in [-0.15, -0.1) is 0 Å². The Morgan fingerprint density at radius 3 is 3.00 bits per heavy atom. The molecular weight excluding hydrogens is 192 g/mol. The van der Waals surface area contributed by atoms with E-state index in [9.17, 15) is 0 Å². The van der Waals surface area contributed by atoms with E-state index in [-0.39, 0.29) is 0 Å². The van der Waals surface area contributed by atoms with Crippen LogP contribution in [0.2, 0.25) is 0 Å². The highest BCUT2D eigenvalue weighted by molar-refractivity contribution is 5.16. The fourth-order valence-corrected chi connectivity index (χ4v) is 1.38. The van der Waals surface area contributed by atoms with Crippen LogP contribution in [0.5, 0.6) is 0 Å². The van der Waals surface area contributed by atoms with E-state index in [1.807, 2.05) is 20.0 Å². The second-order valence-corrected chi connectivity index (χ2v) is 3.51. The highest BCUT2D eigenvalue weighted by atomic mass is 16.5. The number of nitrogens with zero attached hydrogens (tertiary/aromatic N) is 1. The van der Waals surface area contributed by atoms with Crippen LogP contribution in [0.1, 0.15) is 18.2 Å². The van der Waals surface area contributed by atoms with Gasteiger partial charge in [-0.25, -0.2) is 0 Å². The quantitative estimate of drug-likeness (QED) is 0.690. The van der Waals surface area contributed by atoms with Crippen molar-refractivity contribution < 1.29 is 9.15 Å². The molecule has 1 aromatic heterocycles. The second-order valence-electron chi connectivity index (χ2n) is 3.51. The molecule has 0 aliphatic carbocycles. The molecular formula is C11H20N2O2. The molecule has 0 aliphatic heterocycles. The van der Waals surface area contributed by atoms with Gasteiger partial charge in [-0.05, 0) is 20.0 Å². The van der Waals surface area contributed by atoms with E-state index in [0.29, 0.717) is 6.54 Å². The lowest BCUT2D eigenvalue weighted by molar-refractivity contribution is 0.118. The lowest BCUT2D eigenvalue weighted by Gasteiger charge is -2.15. The zero-order valence-corrected chi connectivity index (χ0v) is 9.53. The number of hydrogen-bond donors (Lipinski definition) is 1. The van der Waals surface area contributed by atoms with E-state index in [1.165, 1.54) is 0 Å². The molecule has 1 aromatic rings. The molecule has 1 rings (SSSR count). The van der Waals surface area contributed by atoms with Crippen molar-refractivity contribution in [3.63, 3.8) is 0 Å². The van der Waals surface area contributed by atoms with Gasteiger partial charge in [0, 0.05) is 25.3 Å². The molecule has 0 atom stereocenters. The van der Waals surface area contributed by atoms with Gasteiger partial charge in [0.05, 0.1) is 19.4 Å². The first-order valence-corrected chi connectivity index (χ1v) is 5.29. The fourth-order valence-electron chi connectivity index (χ4n) is 1.38. The van der Waals surface area contributed by atoms with Gasteiger partial charge in [0.15, 0.2) is 0 Å². The molecule has 4 heteroatoms. The van der Waals surface area contributed by atoms with Gasteiger partial charge in [0.2, 0.25) is 0 Å². The van der Waals surface area contributed by atoms with Crippen molar-refractivity contribution in [1.29, 1.82) is 0 Å². The van der Waals surface area contributed by atoms with Crippen LogP contribution in [-0.4, -0.2) is 31.7 Å². The molecule has 0 fully saturated rings. The maximum absolute atomic E-state index is 5.59. The average Bonchev–Trinajstić information content (AvgIpc) is 2.65. The van der Waals surface area contributed by atoms with Gasteiger partial charge in [-0.1, -0.05) is 0 Å². The first kappa shape index (κ1) is 12.2. The standard InChI is InChI=1S/C11H20N2O2/c1-3-14-7-5-13(2)9-11-10(8-12)4-6-15-11/h4,6H,3,5,7-9,12H2,1-2H3. The third-order valence-electron chi connectivity index (χ3n) is 2.29. The van der Waals surface area contributed by atoms with Gasteiger partial charge in [-0.3, -0.25) is 4.90 Å². The van der Waals surface area contributed by atoms with Gasteiger partial charge in [-0.2, -0.15) is 0 Å². The van der Waals surface area contributed by atoms with Crippen molar-refractivity contribution in [3.05, 3.63) is 23.7 Å². The molecule has 1 heterocycles. The summed E-state index contributed by atoms with van der Waals surface area (Å²) < 4.78 is 10.7. The van der Waals surface area contributed by atoms with E-state index in [2.05, 4.69) is 4.90 Å². The van der Waals surface area contributed by atoms with Crippen molar-refractivity contribution in [2.75, 3.05) is 26.8 Å². The monoisotopic (exact) mass is 212 g/mol. The van der Waals surface area contributed by atoms with Crippen LogP contribution in [-0.2, 0) is 17.8 Å². The summed E-state index contributed by atoms with van der Waals surface area (Å²) >= 11 is 0. The normalized spacial score (nSPS) is 11.2. The highest BCUT2D eigenvalue weighted by Gasteiger charge is 2.07. The van der Waals surface area contributed by atoms with Gasteiger partial charge >= 0.3 is 0 Å². The lowest BCUT2D eigenvalue weighted by Crippen LogP contribution is -2.23. The van der Waals surface area contributed by atoms with Crippen LogP contribution in [0, 0.1) is 0 Å². The summed E-state index contributed by atoms with van der Waals surface area (Å²) in [6, 6.07) is 1.92. The molecule has 86 valence electrons. The van der Waals surface area contributed by atoms with E-state index in [4.69, 9.17) is 14.9 Å². The first-order valence-electron chi connectivity index (χ1n) is 5.29. The molecule has 0 saturated carbocycles. The zero-order valence-electron chi connectivity index (χ0n) is 9.53. The van der Waals surface area contributed by atoms with Crippen molar-refractivity contribution in [2.45, 2.75) is 20.0 Å². The summed E-state index contributed by atoms with van der Waals surface area (Å²) in [5.74, 6) is 0.955. The summed E-state index contributed by atoms with van der Waals surface area (Å²) in [4.78, 5) is 2.16. The van der Waals surface area contributed by atoms with Crippen LogP contribution in [0.4, 0.5) is 0 Å². The maximum Gasteiger partial charge on any atom is 0.122 e. The van der Waals surface area contributed by atoms with E-state index in [0.717, 1.165) is 37.6 Å². The summed E-state index contributed by atoms with van der Waals surface area (Å²) in [5.41, 5.74) is 6.67. The van der Waals surface area contributed by atoms with Crippen molar-refractivity contribution >= 4 is 0 Å². The van der Waals surface area contributed by atoms with Crippen LogP contribution in [0.3, 0.4) is 0 Å². The number of furan rings is 1. The fraction of sp³-hybridized carbons (Fsp3) is 0.636. The summed E-state index contributed by atoms with van der Waals surface area (Å²) in [6.45, 7) is 5.74. The molecule has 0 aliphatic rings. The van der Waals surface area contributed by atoms with Gasteiger partial charge in [0.1, 0.15) is 5.76 Å². The molecule has 0 spiro atoms. The Morgan fingerprint density at radius 2 is 2.33 bits per heavy atom. The third kappa shape index (κ3) is 4.03. The Labute approximate surface area is 91.0 Å². The summed E-state index contributed by atoms with van der Waals surface area (Å²) in [7, 11) is 2.04. The minimum Gasteiger partial charge on any atom is -0.468 e. The van der Waals surface area contributed by atoms with E-state index >= 15 is 0 Å². The van der Waals surface area contributed by atoms with Crippen molar-refractivity contribution in [2.24, 2.45) is 5.73 Å². The average molecular weight is 212 g/mol. The minimum absolute atomic E-state index is 0.533. The Bertz CT molecular complexity index is 273. The van der Waals surface area contributed by atoms with E-state index in [1.54, 1.807) is 6.26 Å². The number of ether oxygens (including phenoxy) is 1. The van der Waals surface area contributed by atoms with Crippen molar-refractivity contribution in [1.82, 2.24) is 4.90 Å². The third-order valence-corrected chi connectivity index (χ3v) is 2.29. The summed E-state index contributed by atoms with van der Waals surface area (Å²) in [5, 5.41) is 0. The lowest BCUT2D eigenvalue weighted by atomic mass is 10.2. The Hall–Kier alpha value is -0.840. The maximum atomic E-state index is 5.59. The Morgan fingerprint density at radius 1 is 1.53 bits per heavy atom. The Kier molecular flexibility index (Phi) is 5.39. The van der Waals surface area contributed by atoms with Crippen LogP contribution < -0.4 is 5.73 Å². The molecule has 0 saturated heterocycles. The van der Waals surface area contributed by atoms with Gasteiger partial charge < -0.3 is 14.9 Å². The highest BCUT2D eigenvalue weighted by Crippen LogP contribution is 2.11. The van der Waals surface area contributed by atoms with Crippen molar-refractivity contribution in [3.8, 4) is 0 Å². The molecule has 15 heavy (non-hydrogen) atoms. The predicted molar refractivity (Wildman–Crippen MR) is 59.4 cm³/mol. The molecule has 0 aromatic carbocycles. The molecule has 0 bridgehead atoms. The molecule has 0 amide bonds. The van der Waals surface area contributed by atoms with Crippen LogP contribution in [0.25, 0.3) is 0 Å². The molecule has 0 radical (unpaired) electrons. The molecule has 4 nitrogen and oxygen atoms in total. The molecule has 0 unspecified atom stereocenters. The van der Waals surface area contributed by atoms with Crippen LogP contribution in [0.15, 0.2) is 16.7 Å². The van der Waals surface area contributed by atoms with Gasteiger partial charge in [0.25, 0.3) is 0 Å².